The predicted octanol–water partition coefficient (Wildman–Crippen LogP) is 3.54. The summed E-state index contributed by atoms with van der Waals surface area (Å²) in [6.45, 7) is 4.65. The van der Waals surface area contributed by atoms with Gasteiger partial charge in [0.05, 0.1) is 0 Å². The summed E-state index contributed by atoms with van der Waals surface area (Å²) in [5, 5.41) is 0. The van der Waals surface area contributed by atoms with Crippen LogP contribution in [0.2, 0.25) is 0 Å². The fourth-order valence-corrected chi connectivity index (χ4v) is 2.51. The molecular weight excluding hydrogens is 250 g/mol. The molecule has 82 valence electrons. The lowest BCUT2D eigenvalue weighted by atomic mass is 10.2. The van der Waals surface area contributed by atoms with Crippen molar-refractivity contribution in [2.75, 3.05) is 13.6 Å². The van der Waals surface area contributed by atoms with Crippen LogP contribution in [0.5, 0.6) is 0 Å². The highest BCUT2D eigenvalue weighted by molar-refractivity contribution is 9.10. The van der Waals surface area contributed by atoms with Gasteiger partial charge >= 0.3 is 0 Å². The summed E-state index contributed by atoms with van der Waals surface area (Å²) in [6, 6.07) is 8.57. The van der Waals surface area contributed by atoms with Crippen LogP contribution in [-0.4, -0.2) is 18.5 Å². The Labute approximate surface area is 101 Å². The van der Waals surface area contributed by atoms with Gasteiger partial charge in [0.25, 0.3) is 0 Å². The van der Waals surface area contributed by atoms with Crippen LogP contribution in [0.25, 0.3) is 0 Å². The highest BCUT2D eigenvalue weighted by atomic mass is 79.9. The minimum Gasteiger partial charge on any atom is -0.302 e. The Bertz CT molecular complexity index is 337. The molecule has 1 aromatic carbocycles. The van der Waals surface area contributed by atoms with E-state index in [1.54, 1.807) is 0 Å². The maximum Gasteiger partial charge on any atom is 0.0231 e. The SMILES string of the molecule is CC1CC1CN(C)Cc1cccc(Br)c1. The fraction of sp³-hybridized carbons (Fsp3) is 0.538. The third-order valence-corrected chi connectivity index (χ3v) is 3.66. The van der Waals surface area contributed by atoms with Crippen LogP contribution in [0.1, 0.15) is 18.9 Å². The Morgan fingerprint density at radius 3 is 2.80 bits per heavy atom. The van der Waals surface area contributed by atoms with Gasteiger partial charge in [-0.3, -0.25) is 0 Å². The largest absolute Gasteiger partial charge is 0.302 e. The highest BCUT2D eigenvalue weighted by Crippen LogP contribution is 2.38. The molecule has 1 saturated carbocycles. The molecule has 1 aromatic rings. The zero-order chi connectivity index (χ0) is 10.8. The summed E-state index contributed by atoms with van der Waals surface area (Å²) in [5.74, 6) is 1.90. The fourth-order valence-electron chi connectivity index (χ4n) is 2.07. The van der Waals surface area contributed by atoms with Crippen molar-refractivity contribution < 1.29 is 0 Å². The van der Waals surface area contributed by atoms with Crippen molar-refractivity contribution >= 4 is 15.9 Å². The topological polar surface area (TPSA) is 3.24 Å². The minimum absolute atomic E-state index is 0.946. The Hall–Kier alpha value is -0.340. The molecule has 15 heavy (non-hydrogen) atoms. The van der Waals surface area contributed by atoms with E-state index in [1.807, 2.05) is 0 Å². The monoisotopic (exact) mass is 267 g/mol. The van der Waals surface area contributed by atoms with Gasteiger partial charge in [-0.05, 0) is 43.0 Å². The molecule has 1 aliphatic carbocycles. The standard InChI is InChI=1S/C13H18BrN/c1-10-6-12(10)9-15(2)8-11-4-3-5-13(14)7-11/h3-5,7,10,12H,6,8-9H2,1-2H3. The molecule has 0 bridgehead atoms. The van der Waals surface area contributed by atoms with E-state index in [0.29, 0.717) is 0 Å². The van der Waals surface area contributed by atoms with Crippen molar-refractivity contribution in [1.82, 2.24) is 4.90 Å². The third kappa shape index (κ3) is 3.32. The summed E-state index contributed by atoms with van der Waals surface area (Å²) in [4.78, 5) is 2.43. The first-order valence-electron chi connectivity index (χ1n) is 5.58. The molecule has 1 fully saturated rings. The van der Waals surface area contributed by atoms with Gasteiger partial charge in [-0.15, -0.1) is 0 Å². The van der Waals surface area contributed by atoms with Gasteiger partial charge in [-0.25, -0.2) is 0 Å². The average molecular weight is 268 g/mol. The van der Waals surface area contributed by atoms with Crippen LogP contribution < -0.4 is 0 Å². The lowest BCUT2D eigenvalue weighted by Crippen LogP contribution is -2.20. The van der Waals surface area contributed by atoms with Crippen molar-refractivity contribution in [3.05, 3.63) is 34.3 Å². The Morgan fingerprint density at radius 1 is 1.47 bits per heavy atom. The predicted molar refractivity (Wildman–Crippen MR) is 67.7 cm³/mol. The molecule has 0 amide bonds. The lowest BCUT2D eigenvalue weighted by Gasteiger charge is -2.16. The molecular formula is C13H18BrN. The van der Waals surface area contributed by atoms with Crippen LogP contribution in [0, 0.1) is 11.8 Å². The van der Waals surface area contributed by atoms with Crippen molar-refractivity contribution in [2.24, 2.45) is 11.8 Å². The summed E-state index contributed by atoms with van der Waals surface area (Å²) >= 11 is 3.51. The first kappa shape index (κ1) is 11.2. The Morgan fingerprint density at radius 2 is 2.20 bits per heavy atom. The van der Waals surface area contributed by atoms with Gasteiger partial charge in [0.2, 0.25) is 0 Å². The number of hydrogen-bond donors (Lipinski definition) is 0. The van der Waals surface area contributed by atoms with Gasteiger partial charge in [0, 0.05) is 17.6 Å². The first-order valence-corrected chi connectivity index (χ1v) is 6.37. The van der Waals surface area contributed by atoms with E-state index < -0.39 is 0 Å². The van der Waals surface area contributed by atoms with Crippen molar-refractivity contribution in [1.29, 1.82) is 0 Å². The van der Waals surface area contributed by atoms with E-state index in [2.05, 4.69) is 59.1 Å². The number of rotatable bonds is 4. The van der Waals surface area contributed by atoms with E-state index in [1.165, 1.54) is 23.0 Å². The second kappa shape index (κ2) is 4.67. The Kier molecular flexibility index (Phi) is 3.47. The zero-order valence-corrected chi connectivity index (χ0v) is 11.0. The molecule has 0 spiro atoms. The van der Waals surface area contributed by atoms with Crippen LogP contribution in [0.15, 0.2) is 28.7 Å². The van der Waals surface area contributed by atoms with Crippen molar-refractivity contribution in [3.63, 3.8) is 0 Å². The molecule has 0 aromatic heterocycles. The van der Waals surface area contributed by atoms with Gasteiger partial charge < -0.3 is 4.90 Å². The lowest BCUT2D eigenvalue weighted by molar-refractivity contribution is 0.307. The molecule has 0 N–H and O–H groups in total. The van der Waals surface area contributed by atoms with Gasteiger partial charge in [0.15, 0.2) is 0 Å². The quantitative estimate of drug-likeness (QED) is 0.807. The maximum atomic E-state index is 3.51. The smallest absolute Gasteiger partial charge is 0.0231 e. The normalized spacial score (nSPS) is 24.5. The summed E-state index contributed by atoms with van der Waals surface area (Å²) in [6.07, 6.45) is 1.42. The second-order valence-electron chi connectivity index (χ2n) is 4.80. The molecule has 2 heteroatoms. The molecule has 1 aliphatic rings. The molecule has 1 nitrogen and oxygen atoms in total. The molecule has 0 aliphatic heterocycles. The van der Waals surface area contributed by atoms with E-state index in [0.717, 1.165) is 18.4 Å². The van der Waals surface area contributed by atoms with Gasteiger partial charge in [-0.2, -0.15) is 0 Å². The van der Waals surface area contributed by atoms with Crippen molar-refractivity contribution in [2.45, 2.75) is 19.9 Å². The number of nitrogens with zero attached hydrogens (tertiary/aromatic N) is 1. The molecule has 2 atom stereocenters. The van der Waals surface area contributed by atoms with Crippen molar-refractivity contribution in [3.8, 4) is 0 Å². The first-order chi connectivity index (χ1) is 7.15. The minimum atomic E-state index is 0.946. The van der Waals surface area contributed by atoms with Crippen LogP contribution in [-0.2, 0) is 6.54 Å². The molecule has 2 unspecified atom stereocenters. The molecule has 2 rings (SSSR count). The summed E-state index contributed by atoms with van der Waals surface area (Å²) < 4.78 is 1.17. The van der Waals surface area contributed by atoms with E-state index in [9.17, 15) is 0 Å². The number of benzene rings is 1. The maximum absolute atomic E-state index is 3.51. The van der Waals surface area contributed by atoms with E-state index in [4.69, 9.17) is 0 Å². The molecule has 0 heterocycles. The number of halogens is 1. The second-order valence-corrected chi connectivity index (χ2v) is 5.72. The van der Waals surface area contributed by atoms with Crippen LogP contribution in [0.4, 0.5) is 0 Å². The molecule has 0 radical (unpaired) electrons. The summed E-state index contributed by atoms with van der Waals surface area (Å²) in [7, 11) is 2.21. The summed E-state index contributed by atoms with van der Waals surface area (Å²) in [5.41, 5.74) is 1.39. The highest BCUT2D eigenvalue weighted by Gasteiger charge is 2.32. The van der Waals surface area contributed by atoms with E-state index in [-0.39, 0.29) is 0 Å². The van der Waals surface area contributed by atoms with E-state index >= 15 is 0 Å². The number of hydrogen-bond acceptors (Lipinski definition) is 1. The van der Waals surface area contributed by atoms with Crippen LogP contribution in [0.3, 0.4) is 0 Å². The zero-order valence-electron chi connectivity index (χ0n) is 9.41. The van der Waals surface area contributed by atoms with Crippen LogP contribution >= 0.6 is 15.9 Å². The van der Waals surface area contributed by atoms with Gasteiger partial charge in [0.1, 0.15) is 0 Å². The third-order valence-electron chi connectivity index (χ3n) is 3.16. The van der Waals surface area contributed by atoms with Gasteiger partial charge in [-0.1, -0.05) is 35.0 Å². The Balaban J connectivity index is 1.85. The average Bonchev–Trinajstić information content (AvgIpc) is 2.81. The molecule has 0 saturated heterocycles.